The fraction of sp³-hybridized carbons (Fsp3) is 0.200. The van der Waals surface area contributed by atoms with Crippen LogP contribution >= 0.6 is 11.7 Å². The van der Waals surface area contributed by atoms with E-state index >= 15 is 0 Å². The molecule has 6 rings (SSSR count). The summed E-state index contributed by atoms with van der Waals surface area (Å²) in [5.41, 5.74) is 1.98. The van der Waals surface area contributed by atoms with Gasteiger partial charge in [-0.15, -0.1) is 0 Å². The fourth-order valence-corrected chi connectivity index (χ4v) is 6.21. The zero-order chi connectivity index (χ0) is 27.0. The second kappa shape index (κ2) is 10.2. The summed E-state index contributed by atoms with van der Waals surface area (Å²) < 4.78 is 10.7. The van der Waals surface area contributed by atoms with Crippen molar-refractivity contribution in [2.45, 2.75) is 12.5 Å². The van der Waals surface area contributed by atoms with Crippen LogP contribution in [-0.4, -0.2) is 55.5 Å². The molecule has 3 heterocycles. The lowest BCUT2D eigenvalue weighted by molar-refractivity contribution is 0.0686. The molecule has 9 heteroatoms. The van der Waals surface area contributed by atoms with Crippen molar-refractivity contribution in [3.8, 4) is 5.69 Å². The van der Waals surface area contributed by atoms with E-state index in [0.717, 1.165) is 22.9 Å². The molecule has 1 aliphatic rings. The average Bonchev–Trinajstić information content (AvgIpc) is 3.51. The predicted octanol–water partition coefficient (Wildman–Crippen LogP) is 4.05. The summed E-state index contributed by atoms with van der Waals surface area (Å²) in [6.45, 7) is 4.65. The molecule has 0 amide bonds. The van der Waals surface area contributed by atoms with E-state index in [4.69, 9.17) is 4.37 Å². The molecule has 5 aromatic rings. The number of aromatic carboxylic acids is 1. The summed E-state index contributed by atoms with van der Waals surface area (Å²) in [5.74, 6) is -1.11. The maximum atomic E-state index is 14.4. The van der Waals surface area contributed by atoms with Crippen LogP contribution in [0.25, 0.3) is 16.5 Å². The molecular formula is C30H27N5O3S. The van der Waals surface area contributed by atoms with Crippen LogP contribution in [0.4, 0.5) is 0 Å². The topological polar surface area (TPSA) is 100 Å². The van der Waals surface area contributed by atoms with Crippen molar-refractivity contribution in [3.63, 3.8) is 0 Å². The highest BCUT2D eigenvalue weighted by atomic mass is 32.1. The Morgan fingerprint density at radius 2 is 1.62 bits per heavy atom. The van der Waals surface area contributed by atoms with Crippen molar-refractivity contribution in [1.82, 2.24) is 23.5 Å². The Balaban J connectivity index is 1.89. The summed E-state index contributed by atoms with van der Waals surface area (Å²) in [6.07, 6.45) is 1.70. The Morgan fingerprint density at radius 3 is 2.26 bits per heavy atom. The van der Waals surface area contributed by atoms with Gasteiger partial charge < -0.3 is 10.4 Å². The highest BCUT2D eigenvalue weighted by molar-refractivity contribution is 6.99. The summed E-state index contributed by atoms with van der Waals surface area (Å²) in [5, 5.41) is 15.0. The number of aryl methyl sites for hydroxylation is 1. The minimum absolute atomic E-state index is 0.0705. The highest BCUT2D eigenvalue weighted by Gasteiger charge is 2.49. The molecule has 2 aromatic heterocycles. The van der Waals surface area contributed by atoms with Crippen molar-refractivity contribution >= 4 is 28.5 Å². The Bertz CT molecular complexity index is 1700. The molecule has 0 saturated carbocycles. The Kier molecular flexibility index (Phi) is 6.56. The maximum absolute atomic E-state index is 14.4. The first-order valence-electron chi connectivity index (χ1n) is 12.8. The lowest BCUT2D eigenvalue weighted by Gasteiger charge is -2.46. The molecule has 0 radical (unpaired) electrons. The number of hydrogen-bond donors (Lipinski definition) is 2. The number of nitrogens with one attached hydrogen (secondary N) is 1. The van der Waals surface area contributed by atoms with Gasteiger partial charge in [-0.2, -0.15) is 8.75 Å². The maximum Gasteiger partial charge on any atom is 0.338 e. The van der Waals surface area contributed by atoms with Gasteiger partial charge in [0.15, 0.2) is 0 Å². The molecule has 196 valence electrons. The third-order valence-electron chi connectivity index (χ3n) is 7.45. The molecule has 0 aliphatic carbocycles. The average molecular weight is 538 g/mol. The van der Waals surface area contributed by atoms with E-state index in [-0.39, 0.29) is 11.1 Å². The van der Waals surface area contributed by atoms with Gasteiger partial charge in [-0.05, 0) is 30.7 Å². The van der Waals surface area contributed by atoms with Crippen LogP contribution in [-0.2, 0) is 5.54 Å². The summed E-state index contributed by atoms with van der Waals surface area (Å²) in [7, 11) is 0. The number of carboxylic acids is 1. The van der Waals surface area contributed by atoms with Crippen molar-refractivity contribution in [3.05, 3.63) is 123 Å². The summed E-state index contributed by atoms with van der Waals surface area (Å²) in [4.78, 5) is 30.0. The minimum atomic E-state index is -1.21. The van der Waals surface area contributed by atoms with Crippen molar-refractivity contribution in [2.24, 2.45) is 0 Å². The van der Waals surface area contributed by atoms with Gasteiger partial charge in [-0.25, -0.2) is 4.79 Å². The first-order chi connectivity index (χ1) is 19.0. The second-order valence-electron chi connectivity index (χ2n) is 9.66. The van der Waals surface area contributed by atoms with Gasteiger partial charge in [0, 0.05) is 42.6 Å². The number of benzene rings is 3. The van der Waals surface area contributed by atoms with Gasteiger partial charge in [0.05, 0.1) is 29.2 Å². The SMILES string of the molecule is Cc1ccc(C(c2cnsn2)(c2c(C(=O)O)c3ccccc3c(=O)n2-c2ccccc2)N2CCNCC2)cc1. The molecule has 3 aromatic carbocycles. The van der Waals surface area contributed by atoms with Crippen LogP contribution in [0.3, 0.4) is 0 Å². The molecule has 0 spiro atoms. The van der Waals surface area contributed by atoms with E-state index < -0.39 is 11.5 Å². The summed E-state index contributed by atoms with van der Waals surface area (Å²) in [6, 6.07) is 24.2. The van der Waals surface area contributed by atoms with Crippen molar-refractivity contribution in [1.29, 1.82) is 0 Å². The van der Waals surface area contributed by atoms with Crippen LogP contribution < -0.4 is 10.9 Å². The first kappa shape index (κ1) is 25.1. The largest absolute Gasteiger partial charge is 0.478 e. The molecule has 2 N–H and O–H groups in total. The Hall–Kier alpha value is -4.18. The van der Waals surface area contributed by atoms with Crippen LogP contribution in [0.15, 0.2) is 89.9 Å². The zero-order valence-corrected chi connectivity index (χ0v) is 22.2. The number of rotatable bonds is 6. The third-order valence-corrected chi connectivity index (χ3v) is 7.93. The summed E-state index contributed by atoms with van der Waals surface area (Å²) >= 11 is 1.07. The van der Waals surface area contributed by atoms with E-state index in [1.165, 1.54) is 0 Å². The van der Waals surface area contributed by atoms with Gasteiger partial charge in [0.25, 0.3) is 5.56 Å². The van der Waals surface area contributed by atoms with Crippen molar-refractivity contribution in [2.75, 3.05) is 26.2 Å². The number of nitrogens with zero attached hydrogens (tertiary/aromatic N) is 4. The van der Waals surface area contributed by atoms with E-state index in [0.29, 0.717) is 54.0 Å². The lowest BCUT2D eigenvalue weighted by atomic mass is 9.77. The number of para-hydroxylation sites is 1. The van der Waals surface area contributed by atoms with Gasteiger partial charge in [0.1, 0.15) is 11.2 Å². The number of pyridine rings is 1. The van der Waals surface area contributed by atoms with Gasteiger partial charge >= 0.3 is 5.97 Å². The smallest absolute Gasteiger partial charge is 0.338 e. The van der Waals surface area contributed by atoms with Crippen LogP contribution in [0.5, 0.6) is 0 Å². The van der Waals surface area contributed by atoms with E-state index in [1.807, 2.05) is 61.5 Å². The van der Waals surface area contributed by atoms with Crippen LogP contribution in [0.1, 0.15) is 32.9 Å². The monoisotopic (exact) mass is 537 g/mol. The number of piperazine rings is 1. The number of carbonyl (C=O) groups is 1. The number of carboxylic acid groups (broad SMARTS) is 1. The zero-order valence-electron chi connectivity index (χ0n) is 21.4. The van der Waals surface area contributed by atoms with E-state index in [9.17, 15) is 14.7 Å². The lowest BCUT2D eigenvalue weighted by Crippen LogP contribution is -2.57. The highest BCUT2D eigenvalue weighted by Crippen LogP contribution is 2.45. The standard InChI is InChI=1S/C30H27N5O3S/c1-20-11-13-21(14-12-20)30(25-19-32-39-33-25,34-17-15-31-16-18-34)27-26(29(37)38)23-9-5-6-10-24(23)28(36)35(27)22-7-3-2-4-8-22/h2-14,19,31H,15-18H2,1H3,(H,37,38). The molecule has 0 bridgehead atoms. The first-order valence-corrected chi connectivity index (χ1v) is 13.5. The normalized spacial score (nSPS) is 15.7. The molecule has 8 nitrogen and oxygen atoms in total. The Morgan fingerprint density at radius 1 is 0.949 bits per heavy atom. The van der Waals surface area contributed by atoms with Gasteiger partial charge in [-0.3, -0.25) is 14.3 Å². The molecule has 1 aliphatic heterocycles. The third kappa shape index (κ3) is 4.06. The number of fused-ring (bicyclic) bond motifs is 1. The van der Waals surface area contributed by atoms with Gasteiger partial charge in [0.2, 0.25) is 0 Å². The van der Waals surface area contributed by atoms with Gasteiger partial charge in [-0.1, -0.05) is 66.2 Å². The second-order valence-corrected chi connectivity index (χ2v) is 10.2. The quantitative estimate of drug-likeness (QED) is 0.337. The number of hydrogen-bond acceptors (Lipinski definition) is 7. The van der Waals surface area contributed by atoms with E-state index in [2.05, 4.69) is 14.6 Å². The molecule has 1 atom stereocenters. The predicted molar refractivity (Wildman–Crippen MR) is 152 cm³/mol. The Labute approximate surface area is 229 Å². The molecule has 1 fully saturated rings. The molecule has 1 unspecified atom stereocenters. The fourth-order valence-electron chi connectivity index (χ4n) is 5.75. The molecule has 39 heavy (non-hydrogen) atoms. The van der Waals surface area contributed by atoms with Crippen molar-refractivity contribution < 1.29 is 9.90 Å². The van der Waals surface area contributed by atoms with Crippen LogP contribution in [0.2, 0.25) is 0 Å². The van der Waals surface area contributed by atoms with Crippen LogP contribution in [0, 0.1) is 6.92 Å². The molecular weight excluding hydrogens is 510 g/mol. The van der Waals surface area contributed by atoms with E-state index in [1.54, 1.807) is 35.0 Å². The molecule has 1 saturated heterocycles. The number of aromatic nitrogens is 3. The minimum Gasteiger partial charge on any atom is -0.478 e.